The lowest BCUT2D eigenvalue weighted by Gasteiger charge is -1.96. The lowest BCUT2D eigenvalue weighted by molar-refractivity contribution is 0.0697. The molecule has 1 aromatic carbocycles. The SMILES string of the molecule is Nc1nccc(-c2cc3cc(C(=O)O)ccc3[nH]2)n1. The number of hydrogen-bond acceptors (Lipinski definition) is 4. The molecule has 3 rings (SSSR count). The molecule has 0 atom stereocenters. The van der Waals surface area contributed by atoms with Crippen molar-refractivity contribution >= 4 is 22.8 Å². The molecule has 0 unspecified atom stereocenters. The highest BCUT2D eigenvalue weighted by molar-refractivity contribution is 5.95. The van der Waals surface area contributed by atoms with Crippen LogP contribution in [-0.4, -0.2) is 26.0 Å². The van der Waals surface area contributed by atoms with Crippen LogP contribution in [0.5, 0.6) is 0 Å². The summed E-state index contributed by atoms with van der Waals surface area (Å²) in [6.45, 7) is 0. The number of rotatable bonds is 2. The van der Waals surface area contributed by atoms with Crippen molar-refractivity contribution in [3.63, 3.8) is 0 Å². The number of aromatic amines is 1. The van der Waals surface area contributed by atoms with E-state index in [1.165, 1.54) is 0 Å². The van der Waals surface area contributed by atoms with Crippen LogP contribution < -0.4 is 5.73 Å². The molecule has 6 nitrogen and oxygen atoms in total. The fourth-order valence-corrected chi connectivity index (χ4v) is 1.93. The summed E-state index contributed by atoms with van der Waals surface area (Å²) in [6, 6.07) is 8.47. The molecule has 6 heteroatoms. The number of aromatic nitrogens is 3. The van der Waals surface area contributed by atoms with Gasteiger partial charge in [-0.25, -0.2) is 14.8 Å². The molecular formula is C13H10N4O2. The number of fused-ring (bicyclic) bond motifs is 1. The summed E-state index contributed by atoms with van der Waals surface area (Å²) in [5.74, 6) is -0.752. The zero-order valence-corrected chi connectivity index (χ0v) is 9.79. The van der Waals surface area contributed by atoms with E-state index in [4.69, 9.17) is 10.8 Å². The third-order valence-corrected chi connectivity index (χ3v) is 2.82. The van der Waals surface area contributed by atoms with E-state index in [2.05, 4.69) is 15.0 Å². The van der Waals surface area contributed by atoms with Crippen molar-refractivity contribution in [1.29, 1.82) is 0 Å². The maximum Gasteiger partial charge on any atom is 0.335 e. The highest BCUT2D eigenvalue weighted by Crippen LogP contribution is 2.23. The smallest absolute Gasteiger partial charge is 0.335 e. The number of nitrogens with two attached hydrogens (primary N) is 1. The number of carboxylic acids is 1. The van der Waals surface area contributed by atoms with Gasteiger partial charge in [0.05, 0.1) is 17.0 Å². The second kappa shape index (κ2) is 4.09. The number of nitrogens with one attached hydrogen (secondary N) is 1. The van der Waals surface area contributed by atoms with Crippen LogP contribution in [0.25, 0.3) is 22.3 Å². The quantitative estimate of drug-likeness (QED) is 0.647. The topological polar surface area (TPSA) is 105 Å². The Morgan fingerprint density at radius 2 is 2.11 bits per heavy atom. The third-order valence-electron chi connectivity index (χ3n) is 2.82. The summed E-state index contributed by atoms with van der Waals surface area (Å²) < 4.78 is 0. The maximum atomic E-state index is 10.9. The number of anilines is 1. The molecule has 2 aromatic heterocycles. The summed E-state index contributed by atoms with van der Waals surface area (Å²) in [5, 5.41) is 9.77. The van der Waals surface area contributed by atoms with Gasteiger partial charge in [-0.05, 0) is 30.3 Å². The Labute approximate surface area is 107 Å². The van der Waals surface area contributed by atoms with Crippen molar-refractivity contribution in [1.82, 2.24) is 15.0 Å². The van der Waals surface area contributed by atoms with Crippen LogP contribution in [-0.2, 0) is 0 Å². The number of hydrogen-bond donors (Lipinski definition) is 3. The minimum Gasteiger partial charge on any atom is -0.478 e. The van der Waals surface area contributed by atoms with Crippen molar-refractivity contribution in [2.24, 2.45) is 0 Å². The van der Waals surface area contributed by atoms with Gasteiger partial charge in [0.2, 0.25) is 5.95 Å². The molecule has 94 valence electrons. The predicted molar refractivity (Wildman–Crippen MR) is 70.7 cm³/mol. The molecule has 0 aliphatic rings. The highest BCUT2D eigenvalue weighted by atomic mass is 16.4. The van der Waals surface area contributed by atoms with Crippen LogP contribution in [0.15, 0.2) is 36.5 Å². The molecule has 0 radical (unpaired) electrons. The Morgan fingerprint density at radius 1 is 1.26 bits per heavy atom. The molecule has 0 spiro atoms. The second-order valence-electron chi connectivity index (χ2n) is 4.09. The lowest BCUT2D eigenvalue weighted by atomic mass is 10.1. The summed E-state index contributed by atoms with van der Waals surface area (Å²) in [7, 11) is 0. The Bertz CT molecular complexity index is 779. The monoisotopic (exact) mass is 254 g/mol. The minimum atomic E-state index is -0.948. The standard InChI is InChI=1S/C13H10N4O2/c14-13-15-4-3-10(17-13)11-6-8-5-7(12(18)19)1-2-9(8)16-11/h1-6,16H,(H,18,19)(H2,14,15,17). The third kappa shape index (κ3) is 1.99. The summed E-state index contributed by atoms with van der Waals surface area (Å²) in [5.41, 5.74) is 8.07. The van der Waals surface area contributed by atoms with Gasteiger partial charge in [0.25, 0.3) is 0 Å². The van der Waals surface area contributed by atoms with E-state index in [-0.39, 0.29) is 11.5 Å². The fourth-order valence-electron chi connectivity index (χ4n) is 1.93. The van der Waals surface area contributed by atoms with Crippen LogP contribution in [0.1, 0.15) is 10.4 Å². The average molecular weight is 254 g/mol. The Kier molecular flexibility index (Phi) is 2.42. The molecule has 0 aliphatic heterocycles. The highest BCUT2D eigenvalue weighted by Gasteiger charge is 2.08. The number of carbonyl (C=O) groups is 1. The molecule has 3 aromatic rings. The van der Waals surface area contributed by atoms with Gasteiger partial charge in [0, 0.05) is 17.1 Å². The molecule has 0 aliphatic carbocycles. The average Bonchev–Trinajstić information content (AvgIpc) is 2.81. The first kappa shape index (κ1) is 11.2. The van der Waals surface area contributed by atoms with Gasteiger partial charge in [0.1, 0.15) is 0 Å². The number of aromatic carboxylic acids is 1. The Hall–Kier alpha value is -2.89. The van der Waals surface area contributed by atoms with E-state index in [9.17, 15) is 4.79 Å². The molecule has 2 heterocycles. The number of benzene rings is 1. The van der Waals surface area contributed by atoms with Gasteiger partial charge < -0.3 is 15.8 Å². The zero-order chi connectivity index (χ0) is 13.4. The van der Waals surface area contributed by atoms with Crippen molar-refractivity contribution in [3.05, 3.63) is 42.1 Å². The second-order valence-corrected chi connectivity index (χ2v) is 4.09. The predicted octanol–water partition coefficient (Wildman–Crippen LogP) is 1.91. The van der Waals surface area contributed by atoms with E-state index >= 15 is 0 Å². The van der Waals surface area contributed by atoms with Crippen LogP contribution in [0.4, 0.5) is 5.95 Å². The van der Waals surface area contributed by atoms with Crippen LogP contribution in [0.2, 0.25) is 0 Å². The van der Waals surface area contributed by atoms with E-state index in [0.29, 0.717) is 5.69 Å². The van der Waals surface area contributed by atoms with Crippen molar-refractivity contribution in [3.8, 4) is 11.4 Å². The van der Waals surface area contributed by atoms with E-state index < -0.39 is 5.97 Å². The van der Waals surface area contributed by atoms with E-state index in [1.807, 2.05) is 6.07 Å². The van der Waals surface area contributed by atoms with Gasteiger partial charge in [0.15, 0.2) is 0 Å². The van der Waals surface area contributed by atoms with Gasteiger partial charge in [-0.15, -0.1) is 0 Å². The van der Waals surface area contributed by atoms with Crippen molar-refractivity contribution in [2.75, 3.05) is 5.73 Å². The zero-order valence-electron chi connectivity index (χ0n) is 9.79. The Morgan fingerprint density at radius 3 is 2.84 bits per heavy atom. The molecule has 0 fully saturated rings. The number of carboxylic acid groups (broad SMARTS) is 1. The summed E-state index contributed by atoms with van der Waals surface area (Å²) in [4.78, 5) is 22.0. The first-order valence-corrected chi connectivity index (χ1v) is 5.58. The number of H-pyrrole nitrogens is 1. The first-order valence-electron chi connectivity index (χ1n) is 5.58. The van der Waals surface area contributed by atoms with Gasteiger partial charge in [-0.3, -0.25) is 0 Å². The van der Waals surface area contributed by atoms with Crippen LogP contribution in [0.3, 0.4) is 0 Å². The van der Waals surface area contributed by atoms with Crippen LogP contribution in [0, 0.1) is 0 Å². The van der Waals surface area contributed by atoms with Crippen LogP contribution >= 0.6 is 0 Å². The van der Waals surface area contributed by atoms with E-state index in [1.54, 1.807) is 30.5 Å². The number of nitrogens with zero attached hydrogens (tertiary/aromatic N) is 2. The normalized spacial score (nSPS) is 10.7. The maximum absolute atomic E-state index is 10.9. The van der Waals surface area contributed by atoms with E-state index in [0.717, 1.165) is 16.6 Å². The van der Waals surface area contributed by atoms with Crippen molar-refractivity contribution in [2.45, 2.75) is 0 Å². The molecule has 4 N–H and O–H groups in total. The summed E-state index contributed by atoms with van der Waals surface area (Å²) >= 11 is 0. The van der Waals surface area contributed by atoms with Gasteiger partial charge >= 0.3 is 5.97 Å². The molecular weight excluding hydrogens is 244 g/mol. The first-order chi connectivity index (χ1) is 9.13. The van der Waals surface area contributed by atoms with Crippen molar-refractivity contribution < 1.29 is 9.90 Å². The fraction of sp³-hybridized carbons (Fsp3) is 0. The molecule has 0 bridgehead atoms. The number of nitrogen functional groups attached to an aromatic ring is 1. The minimum absolute atomic E-state index is 0.197. The molecule has 0 saturated heterocycles. The van der Waals surface area contributed by atoms with Gasteiger partial charge in [-0.1, -0.05) is 0 Å². The Balaban J connectivity index is 2.14. The summed E-state index contributed by atoms with van der Waals surface area (Å²) in [6.07, 6.45) is 1.58. The molecule has 19 heavy (non-hydrogen) atoms. The lowest BCUT2D eigenvalue weighted by Crippen LogP contribution is -1.94. The molecule has 0 saturated carbocycles. The molecule has 0 amide bonds. The van der Waals surface area contributed by atoms with Gasteiger partial charge in [-0.2, -0.15) is 0 Å². The largest absolute Gasteiger partial charge is 0.478 e.